The van der Waals surface area contributed by atoms with Gasteiger partial charge < -0.3 is 15.4 Å². The fourth-order valence-electron chi connectivity index (χ4n) is 2.96. The Morgan fingerprint density at radius 1 is 1.44 bits per heavy atom. The average molecular weight is 366 g/mol. The van der Waals surface area contributed by atoms with Crippen molar-refractivity contribution in [1.29, 1.82) is 0 Å². The Balaban J connectivity index is 2.04. The summed E-state index contributed by atoms with van der Waals surface area (Å²) in [6.07, 6.45) is 5.63. The molecule has 1 aliphatic rings. The summed E-state index contributed by atoms with van der Waals surface area (Å²) in [4.78, 5) is 34.8. The summed E-state index contributed by atoms with van der Waals surface area (Å²) in [5, 5.41) is 0.0800. The molecular weight excluding hydrogens is 340 g/mol. The summed E-state index contributed by atoms with van der Waals surface area (Å²) in [6.45, 7) is 6.76. The fraction of sp³-hybridized carbons (Fsp3) is 0.647. The van der Waals surface area contributed by atoms with E-state index < -0.39 is 5.97 Å². The van der Waals surface area contributed by atoms with Crippen molar-refractivity contribution in [2.75, 3.05) is 18.9 Å². The maximum absolute atomic E-state index is 12.8. The Kier molecular flexibility index (Phi) is 7.04. The first-order valence-electron chi connectivity index (χ1n) is 8.74. The first-order chi connectivity index (χ1) is 12.0. The van der Waals surface area contributed by atoms with Crippen LogP contribution in [0.15, 0.2) is 11.4 Å². The van der Waals surface area contributed by atoms with Crippen LogP contribution >= 0.6 is 11.8 Å². The van der Waals surface area contributed by atoms with Gasteiger partial charge in [-0.1, -0.05) is 18.7 Å². The number of ether oxygens (including phenoxy) is 1. The van der Waals surface area contributed by atoms with Gasteiger partial charge in [0.05, 0.1) is 11.9 Å². The number of thioether (sulfide) groups is 1. The van der Waals surface area contributed by atoms with E-state index in [1.807, 2.05) is 11.8 Å². The van der Waals surface area contributed by atoms with Gasteiger partial charge in [0, 0.05) is 18.8 Å². The molecule has 1 aromatic heterocycles. The zero-order valence-corrected chi connectivity index (χ0v) is 15.8. The van der Waals surface area contributed by atoms with E-state index in [-0.39, 0.29) is 29.1 Å². The second-order valence-corrected chi connectivity index (χ2v) is 7.33. The molecule has 2 N–H and O–H groups in total. The van der Waals surface area contributed by atoms with Crippen LogP contribution in [-0.4, -0.2) is 51.2 Å². The lowest BCUT2D eigenvalue weighted by Gasteiger charge is -2.36. The predicted octanol–water partition coefficient (Wildman–Crippen LogP) is 2.51. The number of likely N-dealkylation sites (tertiary alicyclic amines) is 1. The first kappa shape index (κ1) is 19.5. The number of carbonyl (C=O) groups excluding carboxylic acids is 2. The van der Waals surface area contributed by atoms with Gasteiger partial charge in [0.2, 0.25) is 5.91 Å². The summed E-state index contributed by atoms with van der Waals surface area (Å²) in [5.74, 6) is -0.368. The van der Waals surface area contributed by atoms with E-state index in [4.69, 9.17) is 10.5 Å². The molecule has 1 fully saturated rings. The fourth-order valence-corrected chi connectivity index (χ4v) is 3.78. The molecule has 1 aliphatic heterocycles. The molecule has 7 nitrogen and oxygen atoms in total. The third-order valence-corrected chi connectivity index (χ3v) is 5.27. The molecule has 1 saturated heterocycles. The van der Waals surface area contributed by atoms with Gasteiger partial charge >= 0.3 is 5.97 Å². The van der Waals surface area contributed by atoms with Gasteiger partial charge in [-0.15, -0.1) is 0 Å². The van der Waals surface area contributed by atoms with Gasteiger partial charge in [-0.25, -0.2) is 14.8 Å². The van der Waals surface area contributed by atoms with E-state index in [1.165, 1.54) is 24.4 Å². The smallest absolute Gasteiger partial charge is 0.343 e. The molecular formula is C17H26N4O3S. The summed E-state index contributed by atoms with van der Waals surface area (Å²) >= 11 is 1.26. The van der Waals surface area contributed by atoms with Crippen LogP contribution in [0.1, 0.15) is 56.8 Å². The number of nitrogen functional groups attached to an aromatic ring is 1. The molecule has 0 radical (unpaired) electrons. The standard InChI is InChI=1S/C17H26N4O3S/c1-4-12-8-6-7-9-21(12)15(22)11(3)25-17-19-10-13(14(18)20-17)16(23)24-5-2/h10-12H,4-9H2,1-3H3,(H2,18,19,20)/t11-,12-/m1/s1. The number of amides is 1. The number of anilines is 1. The zero-order chi connectivity index (χ0) is 18.4. The molecule has 0 aromatic carbocycles. The number of nitrogens with two attached hydrogens (primary N) is 1. The molecule has 1 aromatic rings. The minimum absolute atomic E-state index is 0.0695. The molecule has 8 heteroatoms. The minimum atomic E-state index is -0.542. The maximum Gasteiger partial charge on any atom is 0.343 e. The van der Waals surface area contributed by atoms with Crippen molar-refractivity contribution in [2.24, 2.45) is 0 Å². The van der Waals surface area contributed by atoms with Gasteiger partial charge in [0.1, 0.15) is 11.4 Å². The first-order valence-corrected chi connectivity index (χ1v) is 9.62. The Bertz CT molecular complexity index is 626. The molecule has 2 heterocycles. The largest absolute Gasteiger partial charge is 0.462 e. The quantitative estimate of drug-likeness (QED) is 0.469. The minimum Gasteiger partial charge on any atom is -0.462 e. The molecule has 25 heavy (non-hydrogen) atoms. The molecule has 2 rings (SSSR count). The Labute approximate surface area is 152 Å². The summed E-state index contributed by atoms with van der Waals surface area (Å²) in [7, 11) is 0. The lowest BCUT2D eigenvalue weighted by Crippen LogP contribution is -2.46. The Hall–Kier alpha value is -1.83. The maximum atomic E-state index is 12.8. The number of esters is 1. The predicted molar refractivity (Wildman–Crippen MR) is 97.4 cm³/mol. The van der Waals surface area contributed by atoms with E-state index >= 15 is 0 Å². The van der Waals surface area contributed by atoms with E-state index in [1.54, 1.807) is 6.92 Å². The topological polar surface area (TPSA) is 98.4 Å². The van der Waals surface area contributed by atoms with Crippen molar-refractivity contribution in [1.82, 2.24) is 14.9 Å². The van der Waals surface area contributed by atoms with Crippen LogP contribution in [0.25, 0.3) is 0 Å². The van der Waals surface area contributed by atoms with Crippen molar-refractivity contribution in [3.05, 3.63) is 11.8 Å². The Morgan fingerprint density at radius 3 is 2.84 bits per heavy atom. The summed E-state index contributed by atoms with van der Waals surface area (Å²) in [6, 6.07) is 0.321. The van der Waals surface area contributed by atoms with Gasteiger partial charge in [-0.3, -0.25) is 4.79 Å². The molecule has 0 unspecified atom stereocenters. The highest BCUT2D eigenvalue weighted by Crippen LogP contribution is 2.26. The zero-order valence-electron chi connectivity index (χ0n) is 15.0. The van der Waals surface area contributed by atoms with Crippen molar-refractivity contribution in [3.8, 4) is 0 Å². The van der Waals surface area contributed by atoms with Crippen molar-refractivity contribution in [2.45, 2.75) is 62.9 Å². The van der Waals surface area contributed by atoms with Crippen molar-refractivity contribution in [3.63, 3.8) is 0 Å². The number of carbonyl (C=O) groups is 2. The molecule has 138 valence electrons. The number of rotatable bonds is 6. The third kappa shape index (κ3) is 4.84. The van der Waals surface area contributed by atoms with Crippen LogP contribution in [0.2, 0.25) is 0 Å². The summed E-state index contributed by atoms with van der Waals surface area (Å²) in [5.41, 5.74) is 5.98. The highest BCUT2D eigenvalue weighted by molar-refractivity contribution is 8.00. The summed E-state index contributed by atoms with van der Waals surface area (Å²) < 4.78 is 4.90. The van der Waals surface area contributed by atoms with E-state index in [9.17, 15) is 9.59 Å². The van der Waals surface area contributed by atoms with E-state index in [2.05, 4.69) is 16.9 Å². The van der Waals surface area contributed by atoms with Crippen LogP contribution in [0.4, 0.5) is 5.82 Å². The normalized spacial score (nSPS) is 18.7. The van der Waals surface area contributed by atoms with Gasteiger partial charge in [0.25, 0.3) is 0 Å². The highest BCUT2D eigenvalue weighted by Gasteiger charge is 2.29. The molecule has 0 saturated carbocycles. The number of piperidine rings is 1. The number of hydrogen-bond acceptors (Lipinski definition) is 7. The van der Waals surface area contributed by atoms with Crippen LogP contribution in [-0.2, 0) is 9.53 Å². The third-order valence-electron chi connectivity index (χ3n) is 4.30. The number of hydrogen-bond donors (Lipinski definition) is 1. The van der Waals surface area contributed by atoms with Crippen LogP contribution in [0, 0.1) is 0 Å². The van der Waals surface area contributed by atoms with Crippen LogP contribution < -0.4 is 5.73 Å². The SMILES string of the molecule is CCOC(=O)c1cnc(S[C@H](C)C(=O)N2CCCC[C@H]2CC)nc1N. The van der Waals surface area contributed by atoms with Crippen molar-refractivity contribution < 1.29 is 14.3 Å². The average Bonchev–Trinajstić information content (AvgIpc) is 2.61. The second kappa shape index (κ2) is 9.03. The number of aromatic nitrogens is 2. The van der Waals surface area contributed by atoms with Gasteiger partial charge in [-0.2, -0.15) is 0 Å². The lowest BCUT2D eigenvalue weighted by atomic mass is 10.00. The van der Waals surface area contributed by atoms with Gasteiger partial charge in [-0.05, 0) is 39.5 Å². The molecule has 0 spiro atoms. The molecule has 0 aliphatic carbocycles. The van der Waals surface area contributed by atoms with E-state index in [0.29, 0.717) is 11.2 Å². The second-order valence-electron chi connectivity index (χ2n) is 6.02. The lowest BCUT2D eigenvalue weighted by molar-refractivity contribution is -0.134. The van der Waals surface area contributed by atoms with Gasteiger partial charge in [0.15, 0.2) is 5.16 Å². The highest BCUT2D eigenvalue weighted by atomic mass is 32.2. The monoisotopic (exact) mass is 366 g/mol. The van der Waals surface area contributed by atoms with Crippen LogP contribution in [0.3, 0.4) is 0 Å². The molecule has 0 bridgehead atoms. The Morgan fingerprint density at radius 2 is 2.20 bits per heavy atom. The van der Waals surface area contributed by atoms with Crippen LogP contribution in [0.5, 0.6) is 0 Å². The molecule has 1 amide bonds. The van der Waals surface area contributed by atoms with E-state index in [0.717, 1.165) is 25.8 Å². The van der Waals surface area contributed by atoms with Crippen molar-refractivity contribution >= 4 is 29.5 Å². The molecule has 2 atom stereocenters. The number of nitrogens with zero attached hydrogens (tertiary/aromatic N) is 3.